The van der Waals surface area contributed by atoms with E-state index in [4.69, 9.17) is 4.74 Å². The summed E-state index contributed by atoms with van der Waals surface area (Å²) >= 11 is 1.58. The molecule has 0 atom stereocenters. The van der Waals surface area contributed by atoms with Gasteiger partial charge in [-0.3, -0.25) is 10.1 Å². The van der Waals surface area contributed by atoms with Gasteiger partial charge in [-0.1, -0.05) is 0 Å². The molecule has 3 rings (SSSR count). The molecule has 1 aromatic heterocycles. The SMILES string of the molecule is O=[N+]([O-])c1ccc(-c2cc3ccsc3cc2OCCF)cc1. The van der Waals surface area contributed by atoms with Gasteiger partial charge >= 0.3 is 0 Å². The van der Waals surface area contributed by atoms with Crippen molar-refractivity contribution in [3.05, 3.63) is 58.0 Å². The molecule has 0 spiro atoms. The smallest absolute Gasteiger partial charge is 0.269 e. The van der Waals surface area contributed by atoms with Crippen LogP contribution >= 0.6 is 11.3 Å². The Hall–Kier alpha value is -2.47. The van der Waals surface area contributed by atoms with E-state index < -0.39 is 11.6 Å². The number of alkyl halides is 1. The number of fused-ring (bicyclic) bond motifs is 1. The molecule has 0 aliphatic rings. The van der Waals surface area contributed by atoms with Crippen LogP contribution in [0.25, 0.3) is 21.2 Å². The van der Waals surface area contributed by atoms with Crippen molar-refractivity contribution < 1.29 is 14.1 Å². The highest BCUT2D eigenvalue weighted by atomic mass is 32.1. The van der Waals surface area contributed by atoms with Gasteiger partial charge in [0.2, 0.25) is 0 Å². The summed E-state index contributed by atoms with van der Waals surface area (Å²) in [6.45, 7) is -0.584. The van der Waals surface area contributed by atoms with Crippen molar-refractivity contribution in [3.8, 4) is 16.9 Å². The zero-order chi connectivity index (χ0) is 15.5. The number of hydrogen-bond acceptors (Lipinski definition) is 4. The Morgan fingerprint density at radius 2 is 1.95 bits per heavy atom. The summed E-state index contributed by atoms with van der Waals surface area (Å²) in [6, 6.07) is 12.1. The van der Waals surface area contributed by atoms with Gasteiger partial charge in [-0.25, -0.2) is 4.39 Å². The Morgan fingerprint density at radius 1 is 1.18 bits per heavy atom. The molecule has 2 aromatic carbocycles. The van der Waals surface area contributed by atoms with E-state index in [-0.39, 0.29) is 12.3 Å². The quantitative estimate of drug-likeness (QED) is 0.500. The van der Waals surface area contributed by atoms with Gasteiger partial charge in [-0.15, -0.1) is 11.3 Å². The fraction of sp³-hybridized carbons (Fsp3) is 0.125. The predicted octanol–water partition coefficient (Wildman–Crippen LogP) is 4.82. The van der Waals surface area contributed by atoms with Crippen LogP contribution in [-0.2, 0) is 0 Å². The van der Waals surface area contributed by atoms with Crippen molar-refractivity contribution in [3.63, 3.8) is 0 Å². The van der Waals surface area contributed by atoms with Gasteiger partial charge in [0.25, 0.3) is 5.69 Å². The minimum absolute atomic E-state index is 0.0170. The first-order chi connectivity index (χ1) is 10.7. The molecule has 3 aromatic rings. The third-order valence-electron chi connectivity index (χ3n) is 3.28. The number of halogens is 1. The van der Waals surface area contributed by atoms with E-state index in [9.17, 15) is 14.5 Å². The third kappa shape index (κ3) is 2.78. The highest BCUT2D eigenvalue weighted by molar-refractivity contribution is 7.17. The van der Waals surface area contributed by atoms with Crippen molar-refractivity contribution in [1.29, 1.82) is 0 Å². The zero-order valence-corrected chi connectivity index (χ0v) is 12.3. The number of nitrogens with zero attached hydrogens (tertiary/aromatic N) is 1. The second-order valence-electron chi connectivity index (χ2n) is 4.65. The van der Waals surface area contributed by atoms with Gasteiger partial charge in [-0.2, -0.15) is 0 Å². The summed E-state index contributed by atoms with van der Waals surface area (Å²) in [7, 11) is 0. The molecule has 0 aliphatic carbocycles. The largest absolute Gasteiger partial charge is 0.490 e. The predicted molar refractivity (Wildman–Crippen MR) is 85.4 cm³/mol. The van der Waals surface area contributed by atoms with Crippen molar-refractivity contribution in [2.24, 2.45) is 0 Å². The first-order valence-corrected chi connectivity index (χ1v) is 7.52. The standard InChI is InChI=1S/C16H12FNO3S/c17-6-7-21-15-10-16-12(5-8-22-16)9-14(15)11-1-3-13(4-2-11)18(19)20/h1-5,8-10H,6-7H2. The van der Waals surface area contributed by atoms with E-state index in [1.807, 2.05) is 23.6 Å². The van der Waals surface area contributed by atoms with Crippen molar-refractivity contribution >= 4 is 27.1 Å². The zero-order valence-electron chi connectivity index (χ0n) is 11.5. The molecule has 0 bridgehead atoms. The monoisotopic (exact) mass is 317 g/mol. The Labute approximate surface area is 129 Å². The molecule has 6 heteroatoms. The maximum Gasteiger partial charge on any atom is 0.269 e. The summed E-state index contributed by atoms with van der Waals surface area (Å²) in [5.74, 6) is 0.585. The van der Waals surface area contributed by atoms with Crippen LogP contribution in [0.2, 0.25) is 0 Å². The maximum absolute atomic E-state index is 12.4. The van der Waals surface area contributed by atoms with Gasteiger partial charge in [0.15, 0.2) is 0 Å². The summed E-state index contributed by atoms with van der Waals surface area (Å²) < 4.78 is 19.0. The van der Waals surface area contributed by atoms with Crippen molar-refractivity contribution in [1.82, 2.24) is 0 Å². The fourth-order valence-corrected chi connectivity index (χ4v) is 3.05. The number of ether oxygens (including phenoxy) is 1. The molecule has 0 amide bonds. The minimum Gasteiger partial charge on any atom is -0.490 e. The lowest BCUT2D eigenvalue weighted by Gasteiger charge is -2.11. The Balaban J connectivity index is 2.08. The number of nitro benzene ring substituents is 1. The topological polar surface area (TPSA) is 52.4 Å². The highest BCUT2D eigenvalue weighted by Crippen LogP contribution is 2.36. The van der Waals surface area contributed by atoms with Crippen LogP contribution in [0, 0.1) is 10.1 Å². The molecule has 0 aliphatic heterocycles. The van der Waals surface area contributed by atoms with Crippen LogP contribution in [0.1, 0.15) is 0 Å². The normalized spacial score (nSPS) is 10.8. The lowest BCUT2D eigenvalue weighted by atomic mass is 10.0. The molecular formula is C16H12FNO3S. The lowest BCUT2D eigenvalue weighted by molar-refractivity contribution is -0.384. The van der Waals surface area contributed by atoms with Crippen LogP contribution in [0.15, 0.2) is 47.8 Å². The number of thiophene rings is 1. The molecule has 0 fully saturated rings. The van der Waals surface area contributed by atoms with Gasteiger partial charge in [0.05, 0.1) is 4.92 Å². The van der Waals surface area contributed by atoms with E-state index in [2.05, 4.69) is 0 Å². The van der Waals surface area contributed by atoms with Gasteiger partial charge in [-0.05, 0) is 46.7 Å². The molecule has 4 nitrogen and oxygen atoms in total. The average Bonchev–Trinajstić information content (AvgIpc) is 2.99. The number of hydrogen-bond donors (Lipinski definition) is 0. The summed E-state index contributed by atoms with van der Waals surface area (Å²) in [6.07, 6.45) is 0. The lowest BCUT2D eigenvalue weighted by Crippen LogP contribution is -2.00. The second-order valence-corrected chi connectivity index (χ2v) is 5.60. The van der Waals surface area contributed by atoms with Gasteiger partial charge in [0.1, 0.15) is 19.0 Å². The summed E-state index contributed by atoms with van der Waals surface area (Å²) in [5, 5.41) is 13.8. The van der Waals surface area contributed by atoms with Crippen molar-refractivity contribution in [2.45, 2.75) is 0 Å². The summed E-state index contributed by atoms with van der Waals surface area (Å²) in [4.78, 5) is 10.3. The number of rotatable bonds is 5. The van der Waals surface area contributed by atoms with E-state index in [0.29, 0.717) is 5.75 Å². The number of non-ortho nitro benzene ring substituents is 1. The molecule has 0 unspecified atom stereocenters. The van der Waals surface area contributed by atoms with Crippen molar-refractivity contribution in [2.75, 3.05) is 13.3 Å². The summed E-state index contributed by atoms with van der Waals surface area (Å²) in [5.41, 5.74) is 1.63. The molecule has 0 N–H and O–H groups in total. The van der Waals surface area contributed by atoms with Crippen LogP contribution in [-0.4, -0.2) is 18.2 Å². The molecule has 1 heterocycles. The minimum atomic E-state index is -0.567. The first-order valence-electron chi connectivity index (χ1n) is 6.64. The molecule has 22 heavy (non-hydrogen) atoms. The third-order valence-corrected chi connectivity index (χ3v) is 4.16. The van der Waals surface area contributed by atoms with E-state index in [1.165, 1.54) is 12.1 Å². The van der Waals surface area contributed by atoms with E-state index >= 15 is 0 Å². The molecule has 0 radical (unpaired) electrons. The second kappa shape index (κ2) is 6.11. The van der Waals surface area contributed by atoms with E-state index in [0.717, 1.165) is 21.2 Å². The van der Waals surface area contributed by atoms with Gasteiger partial charge < -0.3 is 4.74 Å². The van der Waals surface area contributed by atoms with Crippen LogP contribution in [0.5, 0.6) is 5.75 Å². The molecule has 0 saturated heterocycles. The number of benzene rings is 2. The Morgan fingerprint density at radius 3 is 2.64 bits per heavy atom. The molecular weight excluding hydrogens is 305 g/mol. The van der Waals surface area contributed by atoms with Crippen LogP contribution in [0.3, 0.4) is 0 Å². The average molecular weight is 317 g/mol. The maximum atomic E-state index is 12.4. The Kier molecular flexibility index (Phi) is 4.02. The van der Waals surface area contributed by atoms with E-state index in [1.54, 1.807) is 23.5 Å². The van der Waals surface area contributed by atoms with Crippen LogP contribution in [0.4, 0.5) is 10.1 Å². The van der Waals surface area contributed by atoms with Gasteiger partial charge in [0, 0.05) is 22.4 Å². The molecule has 0 saturated carbocycles. The Bertz CT molecular complexity index is 814. The number of nitro groups is 1. The molecule has 112 valence electrons. The highest BCUT2D eigenvalue weighted by Gasteiger charge is 2.12. The fourth-order valence-electron chi connectivity index (χ4n) is 2.25. The van der Waals surface area contributed by atoms with Crippen LogP contribution < -0.4 is 4.74 Å². The first kappa shape index (κ1) is 14.5.